The summed E-state index contributed by atoms with van der Waals surface area (Å²) in [5, 5.41) is 3.45. The summed E-state index contributed by atoms with van der Waals surface area (Å²) in [5.74, 6) is 1.94. The molecule has 1 aromatic rings. The average Bonchev–Trinajstić information content (AvgIpc) is 2.26. The van der Waals surface area contributed by atoms with E-state index in [1.165, 1.54) is 0 Å². The van der Waals surface area contributed by atoms with Gasteiger partial charge in [0.05, 0.1) is 11.7 Å². The largest absolute Gasteiger partial charge is 0.457 e. The molecule has 2 nitrogen and oxygen atoms in total. The first-order chi connectivity index (χ1) is 6.93. The van der Waals surface area contributed by atoms with Gasteiger partial charge in [0.15, 0.2) is 0 Å². The lowest BCUT2D eigenvalue weighted by atomic mass is 10.0. The topological polar surface area (TPSA) is 21.3 Å². The second kappa shape index (κ2) is 2.91. The van der Waals surface area contributed by atoms with Gasteiger partial charge in [-0.05, 0) is 24.6 Å². The molecule has 1 aliphatic carbocycles. The van der Waals surface area contributed by atoms with Crippen LogP contribution in [0.25, 0.3) is 0 Å². The first kappa shape index (κ1) is 7.68. The van der Waals surface area contributed by atoms with E-state index in [-0.39, 0.29) is 0 Å². The summed E-state index contributed by atoms with van der Waals surface area (Å²) in [6.07, 6.45) is 7.22. The summed E-state index contributed by atoms with van der Waals surface area (Å²) in [4.78, 5) is 0. The van der Waals surface area contributed by atoms with Crippen molar-refractivity contribution in [3.8, 4) is 5.75 Å². The number of hydrogen-bond donors (Lipinski definition) is 1. The molecule has 0 spiro atoms. The summed E-state index contributed by atoms with van der Waals surface area (Å²) in [6, 6.07) is 8.35. The smallest absolute Gasteiger partial charge is 0.150 e. The van der Waals surface area contributed by atoms with Crippen LogP contribution in [0.4, 0.5) is 5.69 Å². The van der Waals surface area contributed by atoms with Crippen molar-refractivity contribution in [2.45, 2.75) is 12.5 Å². The van der Waals surface area contributed by atoms with Gasteiger partial charge in [-0.25, -0.2) is 0 Å². The number of hydrogen-bond acceptors (Lipinski definition) is 2. The lowest BCUT2D eigenvalue weighted by Crippen LogP contribution is -2.29. The molecule has 1 N–H and O–H groups in total. The predicted molar refractivity (Wildman–Crippen MR) is 56.3 cm³/mol. The van der Waals surface area contributed by atoms with Gasteiger partial charge in [0, 0.05) is 0 Å². The van der Waals surface area contributed by atoms with Crippen LogP contribution >= 0.6 is 0 Å². The highest BCUT2D eigenvalue weighted by atomic mass is 16.5. The number of rotatable bonds is 0. The minimum atomic E-state index is 0.315. The molecule has 0 radical (unpaired) electrons. The molecule has 1 heterocycles. The molecular weight excluding hydrogens is 174 g/mol. The van der Waals surface area contributed by atoms with E-state index in [0.717, 1.165) is 23.6 Å². The fourth-order valence-electron chi connectivity index (χ4n) is 1.83. The Kier molecular flexibility index (Phi) is 1.60. The Morgan fingerprint density at radius 3 is 3.21 bits per heavy atom. The van der Waals surface area contributed by atoms with E-state index in [4.69, 9.17) is 4.74 Å². The second-order valence-corrected chi connectivity index (χ2v) is 3.53. The van der Waals surface area contributed by atoms with Gasteiger partial charge < -0.3 is 10.1 Å². The number of fused-ring (bicyclic) bond motifs is 2. The van der Waals surface area contributed by atoms with Crippen LogP contribution in [0, 0.1) is 0 Å². The number of benzene rings is 1. The molecule has 0 fully saturated rings. The Bertz CT molecular complexity index is 420. The minimum Gasteiger partial charge on any atom is -0.457 e. The molecule has 0 aromatic heterocycles. The SMILES string of the molecule is C1=CCC2Nc3ccccc3OC2=C1. The zero-order valence-corrected chi connectivity index (χ0v) is 7.73. The quantitative estimate of drug-likeness (QED) is 0.671. The lowest BCUT2D eigenvalue weighted by Gasteiger charge is -2.30. The Morgan fingerprint density at radius 2 is 2.21 bits per heavy atom. The van der Waals surface area contributed by atoms with Crippen LogP contribution in [0.2, 0.25) is 0 Å². The molecule has 3 rings (SSSR count). The van der Waals surface area contributed by atoms with Crippen molar-refractivity contribution >= 4 is 5.69 Å². The summed E-state index contributed by atoms with van der Waals surface area (Å²) < 4.78 is 5.78. The van der Waals surface area contributed by atoms with E-state index in [2.05, 4.69) is 11.4 Å². The predicted octanol–water partition coefficient (Wildman–Crippen LogP) is 2.70. The van der Waals surface area contributed by atoms with Crippen LogP contribution in [-0.4, -0.2) is 6.04 Å². The van der Waals surface area contributed by atoms with Gasteiger partial charge in [-0.2, -0.15) is 0 Å². The van der Waals surface area contributed by atoms with Gasteiger partial charge in [0.2, 0.25) is 0 Å². The molecule has 1 atom stereocenters. The Morgan fingerprint density at radius 1 is 1.29 bits per heavy atom. The molecule has 2 aliphatic rings. The molecule has 70 valence electrons. The van der Waals surface area contributed by atoms with Crippen LogP contribution in [0.1, 0.15) is 6.42 Å². The Balaban J connectivity index is 2.03. The Hall–Kier alpha value is -1.70. The van der Waals surface area contributed by atoms with Crippen molar-refractivity contribution in [1.29, 1.82) is 0 Å². The van der Waals surface area contributed by atoms with Gasteiger partial charge in [0.1, 0.15) is 11.5 Å². The van der Waals surface area contributed by atoms with Crippen LogP contribution < -0.4 is 10.1 Å². The number of para-hydroxylation sites is 2. The summed E-state index contributed by atoms with van der Waals surface area (Å²) in [7, 11) is 0. The van der Waals surface area contributed by atoms with Crippen molar-refractivity contribution in [1.82, 2.24) is 0 Å². The molecule has 14 heavy (non-hydrogen) atoms. The highest BCUT2D eigenvalue weighted by Gasteiger charge is 2.23. The molecule has 0 saturated heterocycles. The van der Waals surface area contributed by atoms with Gasteiger partial charge in [-0.3, -0.25) is 0 Å². The van der Waals surface area contributed by atoms with Crippen molar-refractivity contribution < 1.29 is 4.74 Å². The fourth-order valence-corrected chi connectivity index (χ4v) is 1.83. The maximum Gasteiger partial charge on any atom is 0.150 e. The standard InChI is InChI=1S/C12H11NO/c1-3-7-11-9(5-1)13-10-6-2-4-8-12(10)14-11/h1-5,7-8,10,13H,6H2. The molecule has 0 amide bonds. The molecule has 1 aliphatic heterocycles. The van der Waals surface area contributed by atoms with Crippen molar-refractivity contribution in [3.63, 3.8) is 0 Å². The zero-order chi connectivity index (χ0) is 9.38. The van der Waals surface area contributed by atoms with Crippen LogP contribution in [-0.2, 0) is 0 Å². The number of nitrogens with one attached hydrogen (secondary N) is 1. The monoisotopic (exact) mass is 185 g/mol. The van der Waals surface area contributed by atoms with E-state index in [0.29, 0.717) is 6.04 Å². The number of anilines is 1. The number of allylic oxidation sites excluding steroid dienone is 2. The normalized spacial score (nSPS) is 22.6. The van der Waals surface area contributed by atoms with Crippen LogP contribution in [0.3, 0.4) is 0 Å². The minimum absolute atomic E-state index is 0.315. The Labute approximate surface area is 82.9 Å². The van der Waals surface area contributed by atoms with Crippen molar-refractivity contribution in [2.24, 2.45) is 0 Å². The fraction of sp³-hybridized carbons (Fsp3) is 0.167. The molecule has 1 unspecified atom stereocenters. The van der Waals surface area contributed by atoms with Crippen molar-refractivity contribution in [2.75, 3.05) is 5.32 Å². The first-order valence-electron chi connectivity index (χ1n) is 4.83. The third-order valence-electron chi connectivity index (χ3n) is 2.56. The maximum absolute atomic E-state index is 5.78. The van der Waals surface area contributed by atoms with Gasteiger partial charge in [-0.1, -0.05) is 24.3 Å². The van der Waals surface area contributed by atoms with Gasteiger partial charge >= 0.3 is 0 Å². The molecule has 0 bridgehead atoms. The lowest BCUT2D eigenvalue weighted by molar-refractivity contribution is 0.375. The third kappa shape index (κ3) is 1.11. The summed E-state index contributed by atoms with van der Waals surface area (Å²) in [6.45, 7) is 0. The second-order valence-electron chi connectivity index (χ2n) is 3.53. The molecule has 2 heteroatoms. The van der Waals surface area contributed by atoms with Gasteiger partial charge in [-0.15, -0.1) is 0 Å². The van der Waals surface area contributed by atoms with E-state index in [1.54, 1.807) is 0 Å². The number of ether oxygens (including phenoxy) is 1. The third-order valence-corrected chi connectivity index (χ3v) is 2.56. The summed E-state index contributed by atoms with van der Waals surface area (Å²) >= 11 is 0. The zero-order valence-electron chi connectivity index (χ0n) is 7.73. The highest BCUT2D eigenvalue weighted by Crippen LogP contribution is 2.34. The average molecular weight is 185 g/mol. The van der Waals surface area contributed by atoms with E-state index < -0.39 is 0 Å². The van der Waals surface area contributed by atoms with Gasteiger partial charge in [0.25, 0.3) is 0 Å². The summed E-state index contributed by atoms with van der Waals surface area (Å²) in [5.41, 5.74) is 1.09. The van der Waals surface area contributed by atoms with E-state index >= 15 is 0 Å². The van der Waals surface area contributed by atoms with Crippen LogP contribution in [0.15, 0.2) is 48.3 Å². The van der Waals surface area contributed by atoms with E-state index in [9.17, 15) is 0 Å². The molecule has 0 saturated carbocycles. The maximum atomic E-state index is 5.78. The first-order valence-corrected chi connectivity index (χ1v) is 4.83. The van der Waals surface area contributed by atoms with E-state index in [1.807, 2.05) is 36.4 Å². The highest BCUT2D eigenvalue weighted by molar-refractivity contribution is 5.61. The van der Waals surface area contributed by atoms with Crippen molar-refractivity contribution in [3.05, 3.63) is 48.3 Å². The molecular formula is C12H11NO. The molecule has 1 aromatic carbocycles. The van der Waals surface area contributed by atoms with Crippen LogP contribution in [0.5, 0.6) is 5.75 Å².